The maximum absolute atomic E-state index is 11.9. The van der Waals surface area contributed by atoms with Crippen LogP contribution in [0, 0.1) is 5.41 Å². The molecule has 0 aliphatic carbocycles. The number of aromatic nitrogens is 1. The molecule has 0 unspecified atom stereocenters. The van der Waals surface area contributed by atoms with Crippen LogP contribution in [0.2, 0.25) is 0 Å². The Bertz CT molecular complexity index is 546. The van der Waals surface area contributed by atoms with Crippen LogP contribution in [-0.2, 0) is 0 Å². The molecule has 0 saturated heterocycles. The van der Waals surface area contributed by atoms with E-state index in [0.29, 0.717) is 23.0 Å². The van der Waals surface area contributed by atoms with Gasteiger partial charge in [-0.25, -0.2) is 4.98 Å². The molecule has 2 N–H and O–H groups in total. The lowest BCUT2D eigenvalue weighted by atomic mass is 9.95. The van der Waals surface area contributed by atoms with Gasteiger partial charge in [0.1, 0.15) is 5.69 Å². The van der Waals surface area contributed by atoms with Gasteiger partial charge in [-0.05, 0) is 12.1 Å². The first kappa shape index (κ1) is 13.8. The molecule has 0 aliphatic heterocycles. The van der Waals surface area contributed by atoms with Gasteiger partial charge in [-0.3, -0.25) is 4.79 Å². The Morgan fingerprint density at radius 2 is 2.37 bits per heavy atom. The van der Waals surface area contributed by atoms with Gasteiger partial charge in [-0.15, -0.1) is 11.3 Å². The van der Waals surface area contributed by atoms with Crippen LogP contribution in [0.3, 0.4) is 0 Å². The Kier molecular flexibility index (Phi) is 4.01. The van der Waals surface area contributed by atoms with Crippen molar-refractivity contribution < 1.29 is 14.3 Å². The first-order chi connectivity index (χ1) is 9.02. The van der Waals surface area contributed by atoms with Gasteiger partial charge in [0.2, 0.25) is 0 Å². The number of amides is 1. The SMILES string of the molecule is CC(C)(CO)CNC(=O)c1csc(-c2ccco2)n1. The Morgan fingerprint density at radius 3 is 3.00 bits per heavy atom. The molecule has 0 saturated carbocycles. The highest BCUT2D eigenvalue weighted by atomic mass is 32.1. The van der Waals surface area contributed by atoms with Gasteiger partial charge in [-0.1, -0.05) is 13.8 Å². The van der Waals surface area contributed by atoms with Gasteiger partial charge in [0.25, 0.3) is 5.91 Å². The highest BCUT2D eigenvalue weighted by molar-refractivity contribution is 7.13. The quantitative estimate of drug-likeness (QED) is 0.880. The highest BCUT2D eigenvalue weighted by Gasteiger charge is 2.19. The first-order valence-corrected chi connectivity index (χ1v) is 6.78. The zero-order valence-electron chi connectivity index (χ0n) is 10.8. The summed E-state index contributed by atoms with van der Waals surface area (Å²) in [6.07, 6.45) is 1.57. The predicted molar refractivity (Wildman–Crippen MR) is 73.0 cm³/mol. The lowest BCUT2D eigenvalue weighted by Gasteiger charge is -2.21. The summed E-state index contributed by atoms with van der Waals surface area (Å²) < 4.78 is 5.23. The fourth-order valence-electron chi connectivity index (χ4n) is 1.36. The van der Waals surface area contributed by atoms with E-state index in [1.54, 1.807) is 23.8 Å². The van der Waals surface area contributed by atoms with Crippen molar-refractivity contribution in [1.82, 2.24) is 10.3 Å². The molecule has 19 heavy (non-hydrogen) atoms. The van der Waals surface area contributed by atoms with Crippen LogP contribution >= 0.6 is 11.3 Å². The van der Waals surface area contributed by atoms with E-state index in [4.69, 9.17) is 9.52 Å². The monoisotopic (exact) mass is 280 g/mol. The molecule has 0 fully saturated rings. The van der Waals surface area contributed by atoms with Crippen molar-refractivity contribution in [3.8, 4) is 10.8 Å². The molecule has 2 aromatic rings. The van der Waals surface area contributed by atoms with Crippen molar-refractivity contribution in [2.24, 2.45) is 5.41 Å². The minimum atomic E-state index is -0.338. The third kappa shape index (κ3) is 3.42. The molecule has 2 rings (SSSR count). The Labute approximate surface area is 115 Å². The van der Waals surface area contributed by atoms with E-state index in [0.717, 1.165) is 0 Å². The Balaban J connectivity index is 2.01. The molecule has 0 bridgehead atoms. The Hall–Kier alpha value is -1.66. The van der Waals surface area contributed by atoms with E-state index in [9.17, 15) is 4.79 Å². The summed E-state index contributed by atoms with van der Waals surface area (Å²) in [6, 6.07) is 3.58. The van der Waals surface area contributed by atoms with Crippen molar-refractivity contribution >= 4 is 17.2 Å². The van der Waals surface area contributed by atoms with Gasteiger partial charge in [-0.2, -0.15) is 0 Å². The maximum Gasteiger partial charge on any atom is 0.270 e. The molecule has 6 heteroatoms. The van der Waals surface area contributed by atoms with E-state index in [2.05, 4.69) is 10.3 Å². The minimum absolute atomic E-state index is 0.0159. The zero-order chi connectivity index (χ0) is 13.9. The number of thiazole rings is 1. The molecule has 2 aromatic heterocycles. The van der Waals surface area contributed by atoms with Gasteiger partial charge in [0.05, 0.1) is 6.26 Å². The van der Waals surface area contributed by atoms with Gasteiger partial charge in [0, 0.05) is 23.9 Å². The number of rotatable bonds is 5. The molecule has 0 atom stereocenters. The summed E-state index contributed by atoms with van der Waals surface area (Å²) in [5, 5.41) is 14.3. The van der Waals surface area contributed by atoms with Crippen LogP contribution < -0.4 is 5.32 Å². The summed E-state index contributed by atoms with van der Waals surface area (Å²) in [6.45, 7) is 4.17. The largest absolute Gasteiger partial charge is 0.462 e. The van der Waals surface area contributed by atoms with Crippen LogP contribution in [0.15, 0.2) is 28.2 Å². The standard InChI is InChI=1S/C13H16N2O3S/c1-13(2,8-16)7-14-11(17)9-6-19-12(15-9)10-4-3-5-18-10/h3-6,16H,7-8H2,1-2H3,(H,14,17). The number of furan rings is 1. The molecule has 1 amide bonds. The predicted octanol–water partition coefficient (Wildman–Crippen LogP) is 2.15. The molecule has 0 aromatic carbocycles. The van der Waals surface area contributed by atoms with E-state index in [-0.39, 0.29) is 17.9 Å². The summed E-state index contributed by atoms with van der Waals surface area (Å²) >= 11 is 1.36. The third-order valence-corrected chi connectivity index (χ3v) is 3.48. The van der Waals surface area contributed by atoms with Crippen molar-refractivity contribution in [1.29, 1.82) is 0 Å². The number of hydrogen-bond donors (Lipinski definition) is 2. The summed E-state index contributed by atoms with van der Waals surface area (Å²) in [5.74, 6) is 0.412. The average molecular weight is 280 g/mol. The zero-order valence-corrected chi connectivity index (χ0v) is 11.7. The van der Waals surface area contributed by atoms with Crippen LogP contribution in [0.4, 0.5) is 0 Å². The number of aliphatic hydroxyl groups is 1. The van der Waals surface area contributed by atoms with Crippen molar-refractivity contribution in [3.05, 3.63) is 29.5 Å². The number of hydrogen-bond acceptors (Lipinski definition) is 5. The van der Waals surface area contributed by atoms with E-state index in [1.165, 1.54) is 11.3 Å². The normalized spacial score (nSPS) is 11.5. The topological polar surface area (TPSA) is 75.4 Å². The summed E-state index contributed by atoms with van der Waals surface area (Å²) in [7, 11) is 0. The second-order valence-electron chi connectivity index (χ2n) is 5.02. The summed E-state index contributed by atoms with van der Waals surface area (Å²) in [4.78, 5) is 16.1. The number of nitrogens with one attached hydrogen (secondary N) is 1. The number of nitrogens with zero attached hydrogens (tertiary/aromatic N) is 1. The molecule has 5 nitrogen and oxygen atoms in total. The lowest BCUT2D eigenvalue weighted by molar-refractivity contribution is 0.0907. The first-order valence-electron chi connectivity index (χ1n) is 5.90. The van der Waals surface area contributed by atoms with Crippen LogP contribution in [0.5, 0.6) is 0 Å². The van der Waals surface area contributed by atoms with Gasteiger partial charge < -0.3 is 14.8 Å². The smallest absolute Gasteiger partial charge is 0.270 e. The van der Waals surface area contributed by atoms with Crippen LogP contribution in [0.1, 0.15) is 24.3 Å². The highest BCUT2D eigenvalue weighted by Crippen LogP contribution is 2.23. The van der Waals surface area contributed by atoms with Gasteiger partial charge >= 0.3 is 0 Å². The Morgan fingerprint density at radius 1 is 1.58 bits per heavy atom. The van der Waals surface area contributed by atoms with E-state index < -0.39 is 0 Å². The molecular weight excluding hydrogens is 264 g/mol. The van der Waals surface area contributed by atoms with E-state index in [1.807, 2.05) is 13.8 Å². The number of carbonyl (C=O) groups is 1. The molecule has 102 valence electrons. The van der Waals surface area contributed by atoms with Gasteiger partial charge in [0.15, 0.2) is 10.8 Å². The third-order valence-electron chi connectivity index (χ3n) is 2.62. The fourth-order valence-corrected chi connectivity index (χ4v) is 2.12. The summed E-state index contributed by atoms with van der Waals surface area (Å²) in [5.41, 5.74) is 0.0281. The second kappa shape index (κ2) is 5.54. The lowest BCUT2D eigenvalue weighted by Crippen LogP contribution is -2.36. The average Bonchev–Trinajstić information content (AvgIpc) is 3.05. The molecule has 0 radical (unpaired) electrons. The van der Waals surface area contributed by atoms with Crippen molar-refractivity contribution in [2.75, 3.05) is 13.2 Å². The number of carbonyl (C=O) groups excluding carboxylic acids is 1. The molecule has 0 aliphatic rings. The van der Waals surface area contributed by atoms with Crippen LogP contribution in [-0.4, -0.2) is 29.1 Å². The van der Waals surface area contributed by atoms with Crippen LogP contribution in [0.25, 0.3) is 10.8 Å². The molecule has 0 spiro atoms. The second-order valence-corrected chi connectivity index (χ2v) is 5.88. The van der Waals surface area contributed by atoms with Crippen molar-refractivity contribution in [2.45, 2.75) is 13.8 Å². The maximum atomic E-state index is 11.9. The van der Waals surface area contributed by atoms with Crippen molar-refractivity contribution in [3.63, 3.8) is 0 Å². The molecular formula is C13H16N2O3S. The number of aliphatic hydroxyl groups excluding tert-OH is 1. The minimum Gasteiger partial charge on any atom is -0.462 e. The molecule has 2 heterocycles. The van der Waals surface area contributed by atoms with E-state index >= 15 is 0 Å². The fraction of sp³-hybridized carbons (Fsp3) is 0.385.